The Bertz CT molecular complexity index is 676. The lowest BCUT2D eigenvalue weighted by atomic mass is 10.3. The molecule has 5 nitrogen and oxygen atoms in total. The number of rotatable bonds is 6. The van der Waals surface area contributed by atoms with Crippen molar-refractivity contribution in [3.05, 3.63) is 54.1 Å². The standard InChI is InChI=1S/C16H17F2N3O2/c1-22-13-5-3-12(4-6-13)21-16(19)20-8-9-23-15-7-2-11(17)10-14(15)18/h2-7,10H,8-9H2,1H3,(H3,19,20,21). The summed E-state index contributed by atoms with van der Waals surface area (Å²) in [6, 6.07) is 10.3. The van der Waals surface area contributed by atoms with Crippen molar-refractivity contribution < 1.29 is 18.3 Å². The minimum atomic E-state index is -0.752. The maximum Gasteiger partial charge on any atom is 0.193 e. The first kappa shape index (κ1) is 16.5. The van der Waals surface area contributed by atoms with Gasteiger partial charge in [0.2, 0.25) is 0 Å². The molecular formula is C16H17F2N3O2. The molecule has 0 amide bonds. The Morgan fingerprint density at radius 1 is 1.17 bits per heavy atom. The van der Waals surface area contributed by atoms with E-state index in [1.165, 1.54) is 6.07 Å². The van der Waals surface area contributed by atoms with E-state index in [4.69, 9.17) is 15.2 Å². The molecule has 2 aromatic rings. The molecule has 0 atom stereocenters. The van der Waals surface area contributed by atoms with Crippen LogP contribution in [0.15, 0.2) is 47.5 Å². The van der Waals surface area contributed by atoms with Gasteiger partial charge in [-0.05, 0) is 36.4 Å². The maximum atomic E-state index is 13.3. The number of methoxy groups -OCH3 is 1. The molecule has 2 aromatic carbocycles. The van der Waals surface area contributed by atoms with E-state index in [0.29, 0.717) is 0 Å². The number of aliphatic imine (C=N–C) groups is 1. The van der Waals surface area contributed by atoms with E-state index in [-0.39, 0.29) is 24.9 Å². The number of nitrogens with two attached hydrogens (primary N) is 1. The predicted octanol–water partition coefficient (Wildman–Crippen LogP) is 2.78. The first-order valence-corrected chi connectivity index (χ1v) is 6.87. The van der Waals surface area contributed by atoms with Crippen LogP contribution in [-0.4, -0.2) is 26.2 Å². The van der Waals surface area contributed by atoms with Gasteiger partial charge in [-0.1, -0.05) is 0 Å². The molecule has 0 unspecified atom stereocenters. The van der Waals surface area contributed by atoms with Gasteiger partial charge in [0.25, 0.3) is 0 Å². The van der Waals surface area contributed by atoms with Crippen LogP contribution in [0.25, 0.3) is 0 Å². The number of benzene rings is 2. The van der Waals surface area contributed by atoms with Crippen LogP contribution in [0.3, 0.4) is 0 Å². The molecule has 0 aliphatic carbocycles. The van der Waals surface area contributed by atoms with Crippen molar-refractivity contribution >= 4 is 11.6 Å². The number of ether oxygens (including phenoxy) is 2. The Balaban J connectivity index is 1.80. The zero-order valence-corrected chi connectivity index (χ0v) is 12.6. The van der Waals surface area contributed by atoms with Crippen molar-refractivity contribution in [1.29, 1.82) is 0 Å². The number of nitrogens with zero attached hydrogens (tertiary/aromatic N) is 1. The van der Waals surface area contributed by atoms with Gasteiger partial charge in [-0.3, -0.25) is 0 Å². The summed E-state index contributed by atoms with van der Waals surface area (Å²) in [6.45, 7) is 0.347. The Kier molecular flexibility index (Phi) is 5.74. The van der Waals surface area contributed by atoms with Gasteiger partial charge in [-0.2, -0.15) is 0 Å². The summed E-state index contributed by atoms with van der Waals surface area (Å²) in [4.78, 5) is 4.05. The molecule has 0 bridgehead atoms. The number of nitrogens with one attached hydrogen (secondary N) is 1. The number of hydrogen-bond donors (Lipinski definition) is 2. The van der Waals surface area contributed by atoms with Crippen molar-refractivity contribution in [2.45, 2.75) is 0 Å². The summed E-state index contributed by atoms with van der Waals surface area (Å²) in [5.41, 5.74) is 6.50. The number of hydrogen-bond acceptors (Lipinski definition) is 3. The molecule has 0 aliphatic rings. The summed E-state index contributed by atoms with van der Waals surface area (Å²) in [7, 11) is 1.59. The molecule has 0 aliphatic heterocycles. The summed E-state index contributed by atoms with van der Waals surface area (Å²) in [5, 5.41) is 2.90. The van der Waals surface area contributed by atoms with Gasteiger partial charge >= 0.3 is 0 Å². The van der Waals surface area contributed by atoms with E-state index in [0.717, 1.165) is 23.6 Å². The SMILES string of the molecule is COc1ccc(NC(N)=NCCOc2ccc(F)cc2F)cc1. The topological polar surface area (TPSA) is 68.9 Å². The Morgan fingerprint density at radius 2 is 1.91 bits per heavy atom. The van der Waals surface area contributed by atoms with E-state index in [2.05, 4.69) is 10.3 Å². The molecule has 0 heterocycles. The first-order chi connectivity index (χ1) is 11.1. The van der Waals surface area contributed by atoms with Gasteiger partial charge < -0.3 is 20.5 Å². The van der Waals surface area contributed by atoms with E-state index < -0.39 is 11.6 Å². The van der Waals surface area contributed by atoms with Crippen molar-refractivity contribution in [3.8, 4) is 11.5 Å². The van der Waals surface area contributed by atoms with Crippen molar-refractivity contribution in [2.75, 3.05) is 25.6 Å². The van der Waals surface area contributed by atoms with Gasteiger partial charge in [-0.15, -0.1) is 0 Å². The summed E-state index contributed by atoms with van der Waals surface area (Å²) in [5.74, 6) is -0.485. The molecule has 0 saturated heterocycles. The lowest BCUT2D eigenvalue weighted by Crippen LogP contribution is -2.23. The maximum absolute atomic E-state index is 13.3. The fourth-order valence-electron chi connectivity index (χ4n) is 1.78. The summed E-state index contributed by atoms with van der Waals surface area (Å²) < 4.78 is 36.3. The fraction of sp³-hybridized carbons (Fsp3) is 0.188. The van der Waals surface area contributed by atoms with Gasteiger partial charge in [0.1, 0.15) is 18.2 Å². The average Bonchev–Trinajstić information content (AvgIpc) is 2.54. The Morgan fingerprint density at radius 3 is 2.57 bits per heavy atom. The summed E-state index contributed by atoms with van der Waals surface area (Å²) >= 11 is 0. The van der Waals surface area contributed by atoms with Crippen LogP contribution in [0.4, 0.5) is 14.5 Å². The zero-order chi connectivity index (χ0) is 16.7. The second-order valence-electron chi connectivity index (χ2n) is 4.54. The van der Waals surface area contributed by atoms with Gasteiger partial charge in [0.05, 0.1) is 13.7 Å². The molecule has 0 saturated carbocycles. The van der Waals surface area contributed by atoms with Gasteiger partial charge in [-0.25, -0.2) is 13.8 Å². The third-order valence-corrected chi connectivity index (χ3v) is 2.89. The Labute approximate surface area is 132 Å². The minimum Gasteiger partial charge on any atom is -0.497 e. The molecule has 122 valence electrons. The van der Waals surface area contributed by atoms with Crippen LogP contribution >= 0.6 is 0 Å². The third-order valence-electron chi connectivity index (χ3n) is 2.89. The lowest BCUT2D eigenvalue weighted by Gasteiger charge is -2.08. The highest BCUT2D eigenvalue weighted by Crippen LogP contribution is 2.17. The molecule has 0 fully saturated rings. The van der Waals surface area contributed by atoms with E-state index >= 15 is 0 Å². The smallest absolute Gasteiger partial charge is 0.193 e. The van der Waals surface area contributed by atoms with Crippen LogP contribution in [0.1, 0.15) is 0 Å². The fourth-order valence-corrected chi connectivity index (χ4v) is 1.78. The molecule has 0 radical (unpaired) electrons. The highest BCUT2D eigenvalue weighted by molar-refractivity contribution is 5.92. The van der Waals surface area contributed by atoms with Crippen molar-refractivity contribution in [2.24, 2.45) is 10.7 Å². The molecule has 2 rings (SSSR count). The highest BCUT2D eigenvalue weighted by Gasteiger charge is 2.04. The first-order valence-electron chi connectivity index (χ1n) is 6.87. The lowest BCUT2D eigenvalue weighted by molar-refractivity contribution is 0.310. The zero-order valence-electron chi connectivity index (χ0n) is 12.6. The van der Waals surface area contributed by atoms with E-state index in [1.54, 1.807) is 31.4 Å². The molecule has 0 spiro atoms. The molecule has 7 heteroatoms. The van der Waals surface area contributed by atoms with E-state index in [1.807, 2.05) is 0 Å². The molecule has 0 aromatic heterocycles. The molecule has 23 heavy (non-hydrogen) atoms. The predicted molar refractivity (Wildman–Crippen MR) is 85.0 cm³/mol. The monoisotopic (exact) mass is 321 g/mol. The highest BCUT2D eigenvalue weighted by atomic mass is 19.1. The quantitative estimate of drug-likeness (QED) is 0.488. The van der Waals surface area contributed by atoms with Gasteiger partial charge in [0.15, 0.2) is 17.5 Å². The molecule has 3 N–H and O–H groups in total. The van der Waals surface area contributed by atoms with Crippen LogP contribution in [0.5, 0.6) is 11.5 Å². The second kappa shape index (κ2) is 7.98. The second-order valence-corrected chi connectivity index (χ2v) is 4.54. The van der Waals surface area contributed by atoms with Crippen LogP contribution in [0.2, 0.25) is 0 Å². The largest absolute Gasteiger partial charge is 0.497 e. The third kappa shape index (κ3) is 5.14. The summed E-state index contributed by atoms with van der Waals surface area (Å²) in [6.07, 6.45) is 0. The Hall–Kier alpha value is -2.83. The van der Waals surface area contributed by atoms with Crippen LogP contribution < -0.4 is 20.5 Å². The number of anilines is 1. The van der Waals surface area contributed by atoms with Crippen molar-refractivity contribution in [3.63, 3.8) is 0 Å². The molecular weight excluding hydrogens is 304 g/mol. The van der Waals surface area contributed by atoms with Crippen LogP contribution in [-0.2, 0) is 0 Å². The van der Waals surface area contributed by atoms with Crippen molar-refractivity contribution in [1.82, 2.24) is 0 Å². The normalized spacial score (nSPS) is 11.2. The number of guanidine groups is 1. The minimum absolute atomic E-state index is 0.0247. The number of halogens is 2. The van der Waals surface area contributed by atoms with Crippen LogP contribution in [0, 0.1) is 11.6 Å². The van der Waals surface area contributed by atoms with Gasteiger partial charge in [0, 0.05) is 11.8 Å². The average molecular weight is 321 g/mol. The van der Waals surface area contributed by atoms with E-state index in [9.17, 15) is 8.78 Å².